The van der Waals surface area contributed by atoms with Crippen LogP contribution in [0.3, 0.4) is 0 Å². The number of nitrogen functional groups attached to an aromatic ring is 1. The molecule has 0 aliphatic rings. The molecule has 0 spiro atoms. The third-order valence-corrected chi connectivity index (χ3v) is 4.13. The van der Waals surface area contributed by atoms with E-state index in [4.69, 9.17) is 5.73 Å². The third-order valence-electron chi connectivity index (χ3n) is 3.22. The molecule has 3 N–H and O–H groups in total. The molecule has 0 saturated carbocycles. The molecule has 0 saturated heterocycles. The Kier molecular flexibility index (Phi) is 3.84. The summed E-state index contributed by atoms with van der Waals surface area (Å²) in [4.78, 5) is 12.4. The first kappa shape index (κ1) is 13.9. The average molecular weight is 298 g/mol. The number of nitrogens with zero attached hydrogens (tertiary/aromatic N) is 2. The van der Waals surface area contributed by atoms with Crippen LogP contribution in [0, 0.1) is 13.8 Å². The van der Waals surface area contributed by atoms with E-state index in [2.05, 4.69) is 34.0 Å². The van der Waals surface area contributed by atoms with Crippen LogP contribution in [0.5, 0.6) is 0 Å². The number of anilines is 1. The summed E-state index contributed by atoms with van der Waals surface area (Å²) < 4.78 is 0. The summed E-state index contributed by atoms with van der Waals surface area (Å²) in [5.41, 5.74) is 10.8. The number of aryl methyl sites for hydroxylation is 3. The average Bonchev–Trinajstić information content (AvgIpc) is 2.79. The van der Waals surface area contributed by atoms with Gasteiger partial charge in [0.1, 0.15) is 5.82 Å². The minimum absolute atomic E-state index is 0.756. The predicted octanol–water partition coefficient (Wildman–Crippen LogP) is 3.49. The van der Waals surface area contributed by atoms with Crippen molar-refractivity contribution >= 4 is 28.5 Å². The van der Waals surface area contributed by atoms with Crippen LogP contribution < -0.4 is 5.73 Å². The minimum atomic E-state index is 0.756. The van der Waals surface area contributed by atoms with Crippen molar-refractivity contribution in [1.82, 2.24) is 15.0 Å². The third kappa shape index (κ3) is 3.36. The molecule has 21 heavy (non-hydrogen) atoms. The zero-order valence-electron chi connectivity index (χ0n) is 12.2. The van der Waals surface area contributed by atoms with Crippen LogP contribution in [0.15, 0.2) is 35.4 Å². The van der Waals surface area contributed by atoms with E-state index in [9.17, 15) is 0 Å². The number of nitrogens with two attached hydrogens (primary N) is 1. The molecule has 1 aromatic carbocycles. The van der Waals surface area contributed by atoms with Crippen molar-refractivity contribution in [2.75, 3.05) is 11.5 Å². The molecule has 2 heterocycles. The van der Waals surface area contributed by atoms with Crippen molar-refractivity contribution in [3.63, 3.8) is 0 Å². The Labute approximate surface area is 128 Å². The number of rotatable bonds is 4. The summed E-state index contributed by atoms with van der Waals surface area (Å²) in [5, 5.41) is 1.08. The Morgan fingerprint density at radius 1 is 1.14 bits per heavy atom. The number of thioether (sulfide) groups is 1. The standard InChI is InChI=1S/C16H18N4S/c1-10-7-11(2)18-16(8-10)21-6-5-15-19-13-4-3-12(17)9-14(13)20-15/h3-4,7-9H,5-6,17H2,1-2H3,(H,19,20). The van der Waals surface area contributed by atoms with Crippen LogP contribution in [-0.4, -0.2) is 20.7 Å². The molecular weight excluding hydrogens is 280 g/mol. The van der Waals surface area contributed by atoms with E-state index in [0.29, 0.717) is 0 Å². The number of H-pyrrole nitrogens is 1. The summed E-state index contributed by atoms with van der Waals surface area (Å²) in [6.45, 7) is 4.13. The fourth-order valence-corrected chi connectivity index (χ4v) is 3.31. The molecule has 3 rings (SSSR count). The number of nitrogens with one attached hydrogen (secondary N) is 1. The van der Waals surface area contributed by atoms with Crippen LogP contribution in [0.2, 0.25) is 0 Å². The van der Waals surface area contributed by atoms with E-state index < -0.39 is 0 Å². The Morgan fingerprint density at radius 3 is 2.81 bits per heavy atom. The summed E-state index contributed by atoms with van der Waals surface area (Å²) in [7, 11) is 0. The number of fused-ring (bicyclic) bond motifs is 1. The molecule has 0 amide bonds. The van der Waals surface area contributed by atoms with Gasteiger partial charge in [-0.15, -0.1) is 11.8 Å². The number of hydrogen-bond donors (Lipinski definition) is 2. The molecule has 5 heteroatoms. The molecule has 2 aromatic heterocycles. The highest BCUT2D eigenvalue weighted by molar-refractivity contribution is 7.99. The van der Waals surface area contributed by atoms with Crippen molar-refractivity contribution in [2.24, 2.45) is 0 Å². The first-order chi connectivity index (χ1) is 10.1. The Hall–Kier alpha value is -2.01. The van der Waals surface area contributed by atoms with Crippen molar-refractivity contribution in [2.45, 2.75) is 25.3 Å². The zero-order valence-corrected chi connectivity index (χ0v) is 13.0. The van der Waals surface area contributed by atoms with E-state index in [1.165, 1.54) is 5.56 Å². The molecule has 0 bridgehead atoms. The minimum Gasteiger partial charge on any atom is -0.399 e. The summed E-state index contributed by atoms with van der Waals surface area (Å²) in [6, 6.07) is 9.96. The molecule has 3 aromatic rings. The number of aromatic amines is 1. The molecule has 4 nitrogen and oxygen atoms in total. The fourth-order valence-electron chi connectivity index (χ4n) is 2.33. The molecule has 0 unspecified atom stereocenters. The summed E-state index contributed by atoms with van der Waals surface area (Å²) >= 11 is 1.76. The lowest BCUT2D eigenvalue weighted by Crippen LogP contribution is -1.93. The lowest BCUT2D eigenvalue weighted by molar-refractivity contribution is 0.999. The lowest BCUT2D eigenvalue weighted by Gasteiger charge is -2.02. The van der Waals surface area contributed by atoms with Crippen molar-refractivity contribution in [1.29, 1.82) is 0 Å². The number of pyridine rings is 1. The van der Waals surface area contributed by atoms with Gasteiger partial charge in [0, 0.05) is 23.6 Å². The summed E-state index contributed by atoms with van der Waals surface area (Å²) in [6.07, 6.45) is 0.883. The van der Waals surface area contributed by atoms with E-state index in [1.54, 1.807) is 11.8 Å². The van der Waals surface area contributed by atoms with Crippen LogP contribution in [-0.2, 0) is 6.42 Å². The first-order valence-corrected chi connectivity index (χ1v) is 7.91. The Balaban J connectivity index is 1.66. The number of imidazole rings is 1. The van der Waals surface area contributed by atoms with Gasteiger partial charge in [0.2, 0.25) is 0 Å². The number of benzene rings is 1. The Morgan fingerprint density at radius 2 is 2.00 bits per heavy atom. The highest BCUT2D eigenvalue weighted by atomic mass is 32.2. The number of aromatic nitrogens is 3. The van der Waals surface area contributed by atoms with Gasteiger partial charge < -0.3 is 10.7 Å². The van der Waals surface area contributed by atoms with Gasteiger partial charge in [-0.1, -0.05) is 0 Å². The van der Waals surface area contributed by atoms with Crippen molar-refractivity contribution in [3.05, 3.63) is 47.4 Å². The lowest BCUT2D eigenvalue weighted by atomic mass is 10.3. The van der Waals surface area contributed by atoms with Crippen LogP contribution in [0.4, 0.5) is 5.69 Å². The van der Waals surface area contributed by atoms with Crippen molar-refractivity contribution < 1.29 is 0 Å². The maximum Gasteiger partial charge on any atom is 0.108 e. The molecule has 0 fully saturated rings. The van der Waals surface area contributed by atoms with E-state index in [0.717, 1.165) is 45.4 Å². The van der Waals surface area contributed by atoms with E-state index in [-0.39, 0.29) is 0 Å². The molecule has 0 aliphatic heterocycles. The van der Waals surface area contributed by atoms with Gasteiger partial charge in [-0.3, -0.25) is 0 Å². The maximum absolute atomic E-state index is 5.78. The molecule has 0 radical (unpaired) electrons. The van der Waals surface area contributed by atoms with Gasteiger partial charge in [0.25, 0.3) is 0 Å². The Bertz CT molecular complexity index is 759. The predicted molar refractivity (Wildman–Crippen MR) is 88.6 cm³/mol. The van der Waals surface area contributed by atoms with Gasteiger partial charge in [0.15, 0.2) is 0 Å². The van der Waals surface area contributed by atoms with Gasteiger partial charge in [-0.2, -0.15) is 0 Å². The second kappa shape index (κ2) is 5.77. The molecule has 0 atom stereocenters. The molecule has 0 aliphatic carbocycles. The van der Waals surface area contributed by atoms with Crippen LogP contribution in [0.25, 0.3) is 11.0 Å². The van der Waals surface area contributed by atoms with E-state index >= 15 is 0 Å². The largest absolute Gasteiger partial charge is 0.399 e. The second-order valence-corrected chi connectivity index (χ2v) is 6.30. The van der Waals surface area contributed by atoms with E-state index in [1.807, 2.05) is 25.1 Å². The van der Waals surface area contributed by atoms with Gasteiger partial charge >= 0.3 is 0 Å². The smallest absolute Gasteiger partial charge is 0.108 e. The monoisotopic (exact) mass is 298 g/mol. The zero-order chi connectivity index (χ0) is 14.8. The fraction of sp³-hybridized carbons (Fsp3) is 0.250. The molecule has 108 valence electrons. The highest BCUT2D eigenvalue weighted by Crippen LogP contribution is 2.20. The van der Waals surface area contributed by atoms with Gasteiger partial charge in [-0.25, -0.2) is 9.97 Å². The number of hydrogen-bond acceptors (Lipinski definition) is 4. The van der Waals surface area contributed by atoms with Crippen LogP contribution >= 0.6 is 11.8 Å². The van der Waals surface area contributed by atoms with Gasteiger partial charge in [-0.05, 0) is 49.7 Å². The SMILES string of the molecule is Cc1cc(C)nc(SCCc2nc3ccc(N)cc3[nH]2)c1. The van der Waals surface area contributed by atoms with Crippen molar-refractivity contribution in [3.8, 4) is 0 Å². The maximum atomic E-state index is 5.78. The summed E-state index contributed by atoms with van der Waals surface area (Å²) in [5.74, 6) is 1.94. The quantitative estimate of drug-likeness (QED) is 0.571. The topological polar surface area (TPSA) is 67.6 Å². The first-order valence-electron chi connectivity index (χ1n) is 6.92. The normalized spacial score (nSPS) is 11.1. The molecular formula is C16H18N4S. The highest BCUT2D eigenvalue weighted by Gasteiger charge is 2.04. The van der Waals surface area contributed by atoms with Crippen LogP contribution in [0.1, 0.15) is 17.1 Å². The second-order valence-electron chi connectivity index (χ2n) is 5.18. The van der Waals surface area contributed by atoms with Gasteiger partial charge in [0.05, 0.1) is 16.1 Å².